The van der Waals surface area contributed by atoms with E-state index >= 15 is 0 Å². The molecule has 0 radical (unpaired) electrons. The fourth-order valence-corrected chi connectivity index (χ4v) is 4.02. The standard InChI is InChI=1S/C13H10ClN3O4S/c1-7-9(13(18)15-12-11(14)16-21-17-12)5-4-8-3-2-6-22(19,20)10(7)8/h2-5H,6H2,1H3,(H,15,17,18). The Morgan fingerprint density at radius 2 is 2.14 bits per heavy atom. The summed E-state index contributed by atoms with van der Waals surface area (Å²) in [6.45, 7) is 1.59. The van der Waals surface area contributed by atoms with Crippen molar-refractivity contribution in [2.75, 3.05) is 11.1 Å². The van der Waals surface area contributed by atoms with Crippen LogP contribution in [-0.2, 0) is 9.84 Å². The molecule has 0 bridgehead atoms. The Morgan fingerprint density at radius 1 is 1.36 bits per heavy atom. The quantitative estimate of drug-likeness (QED) is 0.898. The highest BCUT2D eigenvalue weighted by molar-refractivity contribution is 7.91. The number of hydrogen-bond acceptors (Lipinski definition) is 6. The zero-order chi connectivity index (χ0) is 15.9. The molecule has 114 valence electrons. The van der Waals surface area contributed by atoms with Gasteiger partial charge in [-0.1, -0.05) is 29.8 Å². The largest absolute Gasteiger partial charge is 0.301 e. The van der Waals surface area contributed by atoms with Gasteiger partial charge in [0.1, 0.15) is 0 Å². The molecule has 22 heavy (non-hydrogen) atoms. The molecule has 0 fully saturated rings. The number of benzene rings is 1. The van der Waals surface area contributed by atoms with Gasteiger partial charge in [0.05, 0.1) is 10.6 Å². The fourth-order valence-electron chi connectivity index (χ4n) is 2.31. The van der Waals surface area contributed by atoms with Crippen LogP contribution in [-0.4, -0.2) is 30.4 Å². The van der Waals surface area contributed by atoms with E-state index in [1.807, 2.05) is 0 Å². The summed E-state index contributed by atoms with van der Waals surface area (Å²) in [7, 11) is -3.44. The van der Waals surface area contributed by atoms with Gasteiger partial charge in [-0.2, -0.15) is 0 Å². The highest BCUT2D eigenvalue weighted by Crippen LogP contribution is 2.29. The van der Waals surface area contributed by atoms with Gasteiger partial charge in [-0.3, -0.25) is 4.79 Å². The number of hydrogen-bond donors (Lipinski definition) is 1. The van der Waals surface area contributed by atoms with Gasteiger partial charge in [0, 0.05) is 5.56 Å². The Balaban J connectivity index is 2.05. The Hall–Kier alpha value is -2.19. The molecule has 1 N–H and O–H groups in total. The van der Waals surface area contributed by atoms with Gasteiger partial charge < -0.3 is 5.32 Å². The summed E-state index contributed by atoms with van der Waals surface area (Å²) in [5.41, 5.74) is 1.17. The molecule has 2 heterocycles. The molecule has 3 rings (SSSR count). The van der Waals surface area contributed by atoms with Crippen LogP contribution in [0, 0.1) is 6.92 Å². The molecule has 0 aliphatic carbocycles. The number of rotatable bonds is 2. The van der Waals surface area contributed by atoms with E-state index in [1.165, 1.54) is 0 Å². The Kier molecular flexibility index (Phi) is 3.50. The van der Waals surface area contributed by atoms with E-state index in [-0.39, 0.29) is 27.2 Å². The van der Waals surface area contributed by atoms with Crippen LogP contribution < -0.4 is 5.32 Å². The fraction of sp³-hybridized carbons (Fsp3) is 0.154. The minimum atomic E-state index is -3.44. The SMILES string of the molecule is Cc1c(C(=O)Nc2nonc2Cl)ccc2c1S(=O)(=O)CC=C2. The molecule has 1 aromatic carbocycles. The number of amides is 1. The van der Waals surface area contributed by atoms with Gasteiger partial charge in [0.25, 0.3) is 5.91 Å². The first-order chi connectivity index (χ1) is 10.4. The molecule has 0 saturated heterocycles. The molecule has 1 aromatic heterocycles. The van der Waals surface area contributed by atoms with Crippen molar-refractivity contribution in [3.63, 3.8) is 0 Å². The smallest absolute Gasteiger partial charge is 0.257 e. The van der Waals surface area contributed by atoms with Crippen LogP contribution in [0.4, 0.5) is 5.82 Å². The number of anilines is 1. The molecular formula is C13H10ClN3O4S. The van der Waals surface area contributed by atoms with Gasteiger partial charge in [-0.25, -0.2) is 13.0 Å². The summed E-state index contributed by atoms with van der Waals surface area (Å²) >= 11 is 5.68. The van der Waals surface area contributed by atoms with E-state index in [9.17, 15) is 13.2 Å². The molecule has 9 heteroatoms. The lowest BCUT2D eigenvalue weighted by Crippen LogP contribution is -2.18. The number of fused-ring (bicyclic) bond motifs is 1. The first kappa shape index (κ1) is 14.7. The Morgan fingerprint density at radius 3 is 2.82 bits per heavy atom. The van der Waals surface area contributed by atoms with Crippen molar-refractivity contribution in [3.05, 3.63) is 40.1 Å². The van der Waals surface area contributed by atoms with Crippen LogP contribution in [0.1, 0.15) is 21.5 Å². The second-order valence-corrected chi connectivity index (χ2v) is 7.03. The van der Waals surface area contributed by atoms with Crippen LogP contribution in [0.5, 0.6) is 0 Å². The molecule has 2 aromatic rings. The number of carbonyl (C=O) groups is 1. The van der Waals surface area contributed by atoms with Crippen LogP contribution in [0.15, 0.2) is 27.7 Å². The van der Waals surface area contributed by atoms with Crippen LogP contribution >= 0.6 is 11.6 Å². The first-order valence-corrected chi connectivity index (χ1v) is 8.25. The third-order valence-corrected chi connectivity index (χ3v) is 5.33. The van der Waals surface area contributed by atoms with Gasteiger partial charge >= 0.3 is 0 Å². The summed E-state index contributed by atoms with van der Waals surface area (Å²) in [6, 6.07) is 3.14. The normalized spacial score (nSPS) is 15.4. The molecule has 1 aliphatic rings. The Labute approximate surface area is 130 Å². The third-order valence-electron chi connectivity index (χ3n) is 3.29. The summed E-state index contributed by atoms with van der Waals surface area (Å²) < 4.78 is 28.8. The average Bonchev–Trinajstić information content (AvgIpc) is 2.83. The molecular weight excluding hydrogens is 330 g/mol. The average molecular weight is 340 g/mol. The van der Waals surface area contributed by atoms with E-state index in [2.05, 4.69) is 20.3 Å². The van der Waals surface area contributed by atoms with Gasteiger partial charge in [0.2, 0.25) is 11.0 Å². The van der Waals surface area contributed by atoms with Crippen LogP contribution in [0.2, 0.25) is 5.15 Å². The second kappa shape index (κ2) is 5.22. The lowest BCUT2D eigenvalue weighted by atomic mass is 10.0. The maximum absolute atomic E-state index is 12.3. The highest BCUT2D eigenvalue weighted by atomic mass is 35.5. The minimum absolute atomic E-state index is 0.0217. The molecule has 0 spiro atoms. The molecule has 7 nitrogen and oxygen atoms in total. The zero-order valence-electron chi connectivity index (χ0n) is 11.3. The van der Waals surface area contributed by atoms with Gasteiger partial charge in [0.15, 0.2) is 9.84 Å². The lowest BCUT2D eigenvalue weighted by Gasteiger charge is -2.16. The van der Waals surface area contributed by atoms with E-state index < -0.39 is 15.7 Å². The van der Waals surface area contributed by atoms with Crippen molar-refractivity contribution in [1.82, 2.24) is 10.3 Å². The van der Waals surface area contributed by atoms with Crippen LogP contribution in [0.3, 0.4) is 0 Å². The maximum Gasteiger partial charge on any atom is 0.257 e. The first-order valence-electron chi connectivity index (χ1n) is 6.22. The predicted molar refractivity (Wildman–Crippen MR) is 79.5 cm³/mol. The zero-order valence-corrected chi connectivity index (χ0v) is 12.9. The number of aromatic nitrogens is 2. The Bertz CT molecular complexity index is 902. The molecule has 1 amide bonds. The number of nitrogens with one attached hydrogen (secondary N) is 1. The summed E-state index contributed by atoms with van der Waals surface area (Å²) in [5.74, 6) is -0.639. The molecule has 0 saturated carbocycles. The minimum Gasteiger partial charge on any atom is -0.301 e. The van der Waals surface area contributed by atoms with Crippen molar-refractivity contribution in [2.24, 2.45) is 0 Å². The van der Waals surface area contributed by atoms with E-state index in [4.69, 9.17) is 11.6 Å². The monoisotopic (exact) mass is 339 g/mol. The number of nitrogens with zero attached hydrogens (tertiary/aromatic N) is 2. The third kappa shape index (κ3) is 2.40. The number of halogens is 1. The van der Waals surface area contributed by atoms with Crippen molar-refractivity contribution < 1.29 is 17.8 Å². The molecule has 0 atom stereocenters. The van der Waals surface area contributed by atoms with Crippen LogP contribution in [0.25, 0.3) is 6.08 Å². The molecule has 0 unspecified atom stereocenters. The second-order valence-electron chi connectivity index (χ2n) is 4.70. The van der Waals surface area contributed by atoms with Crippen molar-refractivity contribution in [1.29, 1.82) is 0 Å². The van der Waals surface area contributed by atoms with E-state index in [1.54, 1.807) is 31.2 Å². The van der Waals surface area contributed by atoms with Gasteiger partial charge in [-0.15, -0.1) is 0 Å². The van der Waals surface area contributed by atoms with Crippen molar-refractivity contribution in [2.45, 2.75) is 11.8 Å². The molecule has 1 aliphatic heterocycles. The number of carbonyl (C=O) groups excluding carboxylic acids is 1. The topological polar surface area (TPSA) is 102 Å². The van der Waals surface area contributed by atoms with Gasteiger partial charge in [-0.05, 0) is 34.4 Å². The van der Waals surface area contributed by atoms with E-state index in [0.717, 1.165) is 0 Å². The summed E-state index contributed by atoms with van der Waals surface area (Å²) in [5, 5.41) is 9.13. The number of sulfone groups is 1. The summed E-state index contributed by atoms with van der Waals surface area (Å²) in [6.07, 6.45) is 3.31. The lowest BCUT2D eigenvalue weighted by molar-refractivity contribution is 0.102. The predicted octanol–water partition coefficient (Wildman–Crippen LogP) is 2.08. The summed E-state index contributed by atoms with van der Waals surface area (Å²) in [4.78, 5) is 12.5. The maximum atomic E-state index is 12.3. The van der Waals surface area contributed by atoms with Crippen molar-refractivity contribution in [3.8, 4) is 0 Å². The highest BCUT2D eigenvalue weighted by Gasteiger charge is 2.26. The van der Waals surface area contributed by atoms with Crippen molar-refractivity contribution >= 4 is 39.2 Å². The van der Waals surface area contributed by atoms with E-state index in [0.29, 0.717) is 11.1 Å².